The highest BCUT2D eigenvalue weighted by Gasteiger charge is 2.70. The third-order valence-electron chi connectivity index (χ3n) is 14.7. The Morgan fingerprint density at radius 3 is 2.30 bits per heavy atom. The molecule has 2 N–H and O–H groups in total. The van der Waals surface area contributed by atoms with Gasteiger partial charge in [-0.05, 0) is 110 Å². The molecule has 0 aromatic heterocycles. The zero-order valence-electron chi connectivity index (χ0n) is 28.7. The van der Waals surface area contributed by atoms with Crippen molar-refractivity contribution in [1.82, 2.24) is 0 Å². The van der Waals surface area contributed by atoms with E-state index in [-0.39, 0.29) is 64.4 Å². The van der Waals surface area contributed by atoms with Gasteiger partial charge in [0.05, 0.1) is 18.1 Å². The molecule has 0 radical (unpaired) electrons. The van der Waals surface area contributed by atoms with Crippen LogP contribution in [0.1, 0.15) is 105 Å². The van der Waals surface area contributed by atoms with Gasteiger partial charge in [-0.1, -0.05) is 70.5 Å². The summed E-state index contributed by atoms with van der Waals surface area (Å²) in [5, 5.41) is 20.5. The van der Waals surface area contributed by atoms with Gasteiger partial charge in [-0.15, -0.1) is 0 Å². The monoisotopic (exact) mass is 634 g/mol. The van der Waals surface area contributed by atoms with Crippen LogP contribution in [0.5, 0.6) is 0 Å². The molecule has 0 saturated heterocycles. The lowest BCUT2D eigenvalue weighted by Crippen LogP contribution is -2.67. The molecule has 6 rings (SSSR count). The summed E-state index contributed by atoms with van der Waals surface area (Å²) in [5.41, 5.74) is 0.204. The van der Waals surface area contributed by atoms with Crippen LogP contribution in [0.25, 0.3) is 0 Å². The molecule has 1 unspecified atom stereocenters. The summed E-state index contributed by atoms with van der Waals surface area (Å²) < 4.78 is 11.6. The number of aliphatic hydroxyl groups excluding tert-OH is 1. The van der Waals surface area contributed by atoms with Gasteiger partial charge < -0.3 is 19.7 Å². The number of carboxylic acid groups (broad SMARTS) is 1. The molecule has 0 amide bonds. The van der Waals surface area contributed by atoms with Gasteiger partial charge in [0.25, 0.3) is 0 Å². The minimum Gasteiger partial charge on any atom is -0.480 e. The molecule has 7 nitrogen and oxygen atoms in total. The lowest BCUT2D eigenvalue weighted by Gasteiger charge is -2.70. The molecule has 4 saturated carbocycles. The number of hydrogen-bond donors (Lipinski definition) is 2. The van der Waals surface area contributed by atoms with Crippen molar-refractivity contribution in [3.05, 3.63) is 47.5 Å². The molecule has 46 heavy (non-hydrogen) atoms. The van der Waals surface area contributed by atoms with Crippen LogP contribution < -0.4 is 0 Å². The Balaban J connectivity index is 1.31. The predicted molar refractivity (Wildman–Crippen MR) is 174 cm³/mol. The van der Waals surface area contributed by atoms with Gasteiger partial charge in [-0.2, -0.15) is 0 Å². The van der Waals surface area contributed by atoms with Crippen molar-refractivity contribution in [2.24, 2.45) is 50.2 Å². The zero-order valence-corrected chi connectivity index (χ0v) is 28.7. The first-order valence-electron chi connectivity index (χ1n) is 17.5. The van der Waals surface area contributed by atoms with Crippen molar-refractivity contribution >= 4 is 17.7 Å². The van der Waals surface area contributed by atoms with Gasteiger partial charge in [0, 0.05) is 11.3 Å². The number of fused-ring (bicyclic) bond motifs is 7. The number of aliphatic hydroxyl groups is 1. The average molecular weight is 635 g/mol. The smallest absolute Gasteiger partial charge is 0.329 e. The molecule has 252 valence electrons. The fourth-order valence-electron chi connectivity index (χ4n) is 11.6. The molecule has 1 aromatic carbocycles. The maximum absolute atomic E-state index is 14.7. The number of allylic oxidation sites excluding steroid dienone is 2. The van der Waals surface area contributed by atoms with Crippen LogP contribution in [0.3, 0.4) is 0 Å². The Labute approximate surface area is 274 Å². The van der Waals surface area contributed by atoms with Crippen LogP contribution in [0.2, 0.25) is 0 Å². The fraction of sp³-hybridized carbons (Fsp3) is 0.718. The van der Waals surface area contributed by atoms with Gasteiger partial charge in [-0.3, -0.25) is 9.59 Å². The van der Waals surface area contributed by atoms with Crippen LogP contribution >= 0.6 is 0 Å². The molecule has 0 aliphatic heterocycles. The molecular weight excluding hydrogens is 580 g/mol. The third-order valence-corrected chi connectivity index (χ3v) is 14.7. The quantitative estimate of drug-likeness (QED) is 0.307. The number of carboxylic acids is 1. The molecule has 0 bridgehead atoms. The van der Waals surface area contributed by atoms with E-state index in [1.54, 1.807) is 0 Å². The molecule has 10 atom stereocenters. The zero-order chi connectivity index (χ0) is 33.3. The Hall–Kier alpha value is -2.51. The molecule has 7 heteroatoms. The maximum atomic E-state index is 14.7. The van der Waals surface area contributed by atoms with E-state index in [0.29, 0.717) is 12.8 Å². The molecule has 0 spiro atoms. The summed E-state index contributed by atoms with van der Waals surface area (Å²) in [5.74, 6) is -1.01. The SMILES string of the molecule is C[C@]1(C(=O)OCc2ccccc2)CC[C@]2(C)CC[C@]3(C)C(=CC(=O)[C@@H]4[C@@]5(C)CC[C@H](O)[C@@](C)(COCC(=O)O)C5CC[C@]43C)[C@@H]2C1. The number of hydrogen-bond acceptors (Lipinski definition) is 6. The van der Waals surface area contributed by atoms with Crippen LogP contribution in [0.15, 0.2) is 42.0 Å². The average Bonchev–Trinajstić information content (AvgIpc) is 3.00. The van der Waals surface area contributed by atoms with Crippen molar-refractivity contribution in [1.29, 1.82) is 0 Å². The van der Waals surface area contributed by atoms with Crippen LogP contribution in [0, 0.1) is 50.2 Å². The Kier molecular flexibility index (Phi) is 8.20. The van der Waals surface area contributed by atoms with Gasteiger partial charge in [-0.25, -0.2) is 4.79 Å². The Morgan fingerprint density at radius 2 is 1.61 bits per heavy atom. The number of aliphatic carboxylic acids is 1. The highest BCUT2D eigenvalue weighted by molar-refractivity contribution is 5.95. The summed E-state index contributed by atoms with van der Waals surface area (Å²) in [4.78, 5) is 39.6. The van der Waals surface area contributed by atoms with E-state index < -0.39 is 29.5 Å². The molecule has 5 aliphatic carbocycles. The first-order valence-corrected chi connectivity index (χ1v) is 17.5. The standard InChI is InChI=1S/C39H54O7/c1-34-16-17-35(2,33(44)46-22-25-10-8-7-9-11-25)21-27(34)26-20-28(40)32-36(3)14-13-30(41)37(4,24-45-23-31(42)43)29(36)12-15-39(32,6)38(26,5)19-18-34/h7-11,20,27,29-30,32,41H,12-19,21-24H2,1-6H3,(H,42,43)/t27-,29?,30-,32+,34+,35-,36-,37-,38+,39+/m0/s1. The van der Waals surface area contributed by atoms with Gasteiger partial charge in [0.1, 0.15) is 13.2 Å². The predicted octanol–water partition coefficient (Wildman–Crippen LogP) is 7.15. The second kappa shape index (κ2) is 11.3. The van der Waals surface area contributed by atoms with E-state index in [2.05, 4.69) is 34.6 Å². The first kappa shape index (κ1) is 33.4. The topological polar surface area (TPSA) is 110 Å². The van der Waals surface area contributed by atoms with E-state index in [1.807, 2.05) is 43.3 Å². The number of carbonyl (C=O) groups excluding carboxylic acids is 2. The van der Waals surface area contributed by atoms with Gasteiger partial charge >= 0.3 is 11.9 Å². The number of carbonyl (C=O) groups is 3. The van der Waals surface area contributed by atoms with Crippen molar-refractivity contribution < 1.29 is 34.1 Å². The minimum atomic E-state index is -1.02. The summed E-state index contributed by atoms with van der Waals surface area (Å²) >= 11 is 0. The molecule has 0 heterocycles. The van der Waals surface area contributed by atoms with E-state index in [0.717, 1.165) is 50.5 Å². The molecule has 1 aromatic rings. The van der Waals surface area contributed by atoms with Gasteiger partial charge in [0.15, 0.2) is 5.78 Å². The Morgan fingerprint density at radius 1 is 0.913 bits per heavy atom. The second-order valence-corrected chi connectivity index (χ2v) is 17.3. The van der Waals surface area contributed by atoms with Gasteiger partial charge in [0.2, 0.25) is 0 Å². The molecule has 5 aliphatic rings. The number of rotatable bonds is 7. The summed E-state index contributed by atoms with van der Waals surface area (Å²) in [6, 6.07) is 9.82. The number of esters is 1. The fourth-order valence-corrected chi connectivity index (χ4v) is 11.6. The summed E-state index contributed by atoms with van der Waals surface area (Å²) in [6.07, 6.45) is 8.93. The largest absolute Gasteiger partial charge is 0.480 e. The van der Waals surface area contributed by atoms with E-state index in [9.17, 15) is 24.6 Å². The summed E-state index contributed by atoms with van der Waals surface area (Å²) in [7, 11) is 0. The third kappa shape index (κ3) is 4.93. The van der Waals surface area contributed by atoms with E-state index in [1.165, 1.54) is 5.57 Å². The van der Waals surface area contributed by atoms with Crippen LogP contribution in [-0.4, -0.2) is 47.3 Å². The summed E-state index contributed by atoms with van der Waals surface area (Å²) in [6.45, 7) is 13.5. The Bertz CT molecular complexity index is 1420. The number of benzene rings is 1. The minimum absolute atomic E-state index is 0.0318. The second-order valence-electron chi connectivity index (χ2n) is 17.3. The number of ketones is 1. The van der Waals surface area contributed by atoms with E-state index in [4.69, 9.17) is 9.47 Å². The van der Waals surface area contributed by atoms with Crippen molar-refractivity contribution in [2.75, 3.05) is 13.2 Å². The lowest BCUT2D eigenvalue weighted by atomic mass is 9.33. The van der Waals surface area contributed by atoms with Crippen LogP contribution in [0.4, 0.5) is 0 Å². The number of ether oxygens (including phenoxy) is 2. The maximum Gasteiger partial charge on any atom is 0.329 e. The van der Waals surface area contributed by atoms with Crippen LogP contribution in [-0.2, 0) is 30.5 Å². The lowest BCUT2D eigenvalue weighted by molar-refractivity contribution is -0.216. The highest BCUT2D eigenvalue weighted by atomic mass is 16.5. The molecule has 4 fully saturated rings. The first-order chi connectivity index (χ1) is 21.5. The molecular formula is C39H54O7. The van der Waals surface area contributed by atoms with Crippen molar-refractivity contribution in [3.63, 3.8) is 0 Å². The van der Waals surface area contributed by atoms with E-state index >= 15 is 0 Å². The normalized spacial score (nSPS) is 44.9. The van der Waals surface area contributed by atoms with Crippen molar-refractivity contribution in [3.8, 4) is 0 Å². The van der Waals surface area contributed by atoms with Crippen molar-refractivity contribution in [2.45, 2.75) is 112 Å². The highest BCUT2D eigenvalue weighted by Crippen LogP contribution is 2.75.